The van der Waals surface area contributed by atoms with Gasteiger partial charge in [-0.1, -0.05) is 12.1 Å². The Morgan fingerprint density at radius 2 is 2.00 bits per heavy atom. The first kappa shape index (κ1) is 13.0. The summed E-state index contributed by atoms with van der Waals surface area (Å²) in [6, 6.07) is 14.1. The highest BCUT2D eigenvalue weighted by molar-refractivity contribution is 6.17. The van der Waals surface area contributed by atoms with Crippen molar-refractivity contribution in [1.82, 2.24) is 9.55 Å². The Balaban J connectivity index is 2.28. The van der Waals surface area contributed by atoms with Crippen molar-refractivity contribution < 1.29 is 4.74 Å². The number of ether oxygens (including phenoxy) is 1. The maximum atomic E-state index is 6.06. The summed E-state index contributed by atoms with van der Waals surface area (Å²) in [5, 5.41) is 0. The van der Waals surface area contributed by atoms with Crippen LogP contribution >= 0.6 is 11.6 Å². The molecule has 0 saturated heterocycles. The molecule has 0 aliphatic heterocycles. The zero-order valence-electron chi connectivity index (χ0n) is 11.4. The van der Waals surface area contributed by atoms with Crippen LogP contribution in [0.3, 0.4) is 0 Å². The van der Waals surface area contributed by atoms with Gasteiger partial charge in [0.15, 0.2) is 0 Å². The van der Waals surface area contributed by atoms with Gasteiger partial charge in [-0.05, 0) is 42.8 Å². The van der Waals surface area contributed by atoms with Gasteiger partial charge in [0.25, 0.3) is 0 Å². The maximum absolute atomic E-state index is 6.06. The van der Waals surface area contributed by atoms with Crippen LogP contribution in [0, 0.1) is 6.92 Å². The molecular formula is C16H15ClN2O. The molecule has 0 spiro atoms. The zero-order valence-corrected chi connectivity index (χ0v) is 12.2. The Morgan fingerprint density at radius 3 is 2.70 bits per heavy atom. The van der Waals surface area contributed by atoms with E-state index in [1.54, 1.807) is 7.11 Å². The third-order valence-corrected chi connectivity index (χ3v) is 3.63. The molecule has 0 radical (unpaired) electrons. The Bertz CT molecular complexity index is 764. The number of benzene rings is 2. The van der Waals surface area contributed by atoms with Gasteiger partial charge in [0.05, 0.1) is 29.7 Å². The molecule has 0 bridgehead atoms. The summed E-state index contributed by atoms with van der Waals surface area (Å²) in [4.78, 5) is 4.59. The van der Waals surface area contributed by atoms with Crippen LogP contribution in [0.15, 0.2) is 42.5 Å². The van der Waals surface area contributed by atoms with E-state index in [0.717, 1.165) is 33.9 Å². The zero-order chi connectivity index (χ0) is 14.1. The van der Waals surface area contributed by atoms with Crippen molar-refractivity contribution in [2.75, 3.05) is 7.11 Å². The number of aromatic nitrogens is 2. The minimum atomic E-state index is 0.375. The van der Waals surface area contributed by atoms with E-state index in [0.29, 0.717) is 5.88 Å². The van der Waals surface area contributed by atoms with Crippen LogP contribution in [0.25, 0.3) is 16.7 Å². The van der Waals surface area contributed by atoms with Crippen LogP contribution in [-0.4, -0.2) is 16.7 Å². The van der Waals surface area contributed by atoms with Gasteiger partial charge < -0.3 is 4.74 Å². The van der Waals surface area contributed by atoms with E-state index >= 15 is 0 Å². The molecule has 3 rings (SSSR count). The van der Waals surface area contributed by atoms with E-state index in [1.807, 2.05) is 36.4 Å². The van der Waals surface area contributed by atoms with Gasteiger partial charge in [0, 0.05) is 0 Å². The first-order valence-corrected chi connectivity index (χ1v) is 6.95. The predicted octanol–water partition coefficient (Wildman–Crippen LogP) is 4.08. The maximum Gasteiger partial charge on any atom is 0.129 e. The standard InChI is InChI=1S/C16H15ClN2O/c1-11-9-12(20-2)7-8-14(11)19-15-6-4-3-5-13(15)18-16(19)10-17/h3-9H,10H2,1-2H3. The van der Waals surface area contributed by atoms with Crippen LogP contribution in [-0.2, 0) is 5.88 Å². The molecule has 2 aromatic carbocycles. The lowest BCUT2D eigenvalue weighted by molar-refractivity contribution is 0.414. The fraction of sp³-hybridized carbons (Fsp3) is 0.188. The molecule has 4 heteroatoms. The minimum absolute atomic E-state index is 0.375. The van der Waals surface area contributed by atoms with Gasteiger partial charge in [0.2, 0.25) is 0 Å². The van der Waals surface area contributed by atoms with Crippen LogP contribution in [0.4, 0.5) is 0 Å². The number of imidazole rings is 1. The third kappa shape index (κ3) is 2.04. The van der Waals surface area contributed by atoms with E-state index in [2.05, 4.69) is 22.5 Å². The average Bonchev–Trinajstić information content (AvgIpc) is 2.85. The van der Waals surface area contributed by atoms with Gasteiger partial charge in [-0.15, -0.1) is 11.6 Å². The Hall–Kier alpha value is -2.00. The number of methoxy groups -OCH3 is 1. The summed E-state index contributed by atoms with van der Waals surface area (Å²) in [6.07, 6.45) is 0. The topological polar surface area (TPSA) is 27.1 Å². The Morgan fingerprint density at radius 1 is 1.20 bits per heavy atom. The van der Waals surface area contributed by atoms with Crippen molar-refractivity contribution in [2.45, 2.75) is 12.8 Å². The van der Waals surface area contributed by atoms with Crippen molar-refractivity contribution in [3.63, 3.8) is 0 Å². The second-order valence-electron chi connectivity index (χ2n) is 4.64. The minimum Gasteiger partial charge on any atom is -0.497 e. The molecule has 0 amide bonds. The first-order chi connectivity index (χ1) is 9.74. The summed E-state index contributed by atoms with van der Waals surface area (Å²) < 4.78 is 7.37. The van der Waals surface area contributed by atoms with Crippen molar-refractivity contribution in [1.29, 1.82) is 0 Å². The summed E-state index contributed by atoms with van der Waals surface area (Å²) >= 11 is 6.06. The van der Waals surface area contributed by atoms with E-state index in [4.69, 9.17) is 16.3 Å². The quantitative estimate of drug-likeness (QED) is 0.678. The number of hydrogen-bond donors (Lipinski definition) is 0. The summed E-state index contributed by atoms with van der Waals surface area (Å²) in [5.74, 6) is 2.07. The molecular weight excluding hydrogens is 272 g/mol. The Labute approximate surface area is 122 Å². The molecule has 0 unspecified atom stereocenters. The van der Waals surface area contributed by atoms with Crippen molar-refractivity contribution >= 4 is 22.6 Å². The number of aryl methyl sites for hydroxylation is 1. The molecule has 20 heavy (non-hydrogen) atoms. The highest BCUT2D eigenvalue weighted by Gasteiger charge is 2.13. The third-order valence-electron chi connectivity index (χ3n) is 3.39. The summed E-state index contributed by atoms with van der Waals surface area (Å²) in [6.45, 7) is 2.06. The van der Waals surface area contributed by atoms with E-state index < -0.39 is 0 Å². The van der Waals surface area contributed by atoms with Gasteiger partial charge in [-0.3, -0.25) is 4.57 Å². The van der Waals surface area contributed by atoms with Crippen molar-refractivity contribution in [3.05, 3.63) is 53.9 Å². The molecule has 0 fully saturated rings. The van der Waals surface area contributed by atoms with Gasteiger partial charge in [-0.25, -0.2) is 4.98 Å². The molecule has 0 aliphatic carbocycles. The number of hydrogen-bond acceptors (Lipinski definition) is 2. The van der Waals surface area contributed by atoms with Gasteiger partial charge in [0.1, 0.15) is 11.6 Å². The van der Waals surface area contributed by atoms with Gasteiger partial charge in [-0.2, -0.15) is 0 Å². The first-order valence-electron chi connectivity index (χ1n) is 6.42. The number of nitrogens with zero attached hydrogens (tertiary/aromatic N) is 2. The predicted molar refractivity (Wildman–Crippen MR) is 81.9 cm³/mol. The molecule has 1 heterocycles. The molecule has 0 atom stereocenters. The molecule has 1 aromatic heterocycles. The second kappa shape index (κ2) is 5.17. The lowest BCUT2D eigenvalue weighted by Gasteiger charge is -2.12. The molecule has 3 aromatic rings. The average molecular weight is 287 g/mol. The second-order valence-corrected chi connectivity index (χ2v) is 4.91. The largest absolute Gasteiger partial charge is 0.497 e. The number of rotatable bonds is 3. The van der Waals surface area contributed by atoms with Crippen LogP contribution < -0.4 is 4.74 Å². The number of para-hydroxylation sites is 2. The number of halogens is 1. The monoisotopic (exact) mass is 286 g/mol. The number of alkyl halides is 1. The fourth-order valence-corrected chi connectivity index (χ4v) is 2.62. The Kier molecular flexibility index (Phi) is 3.36. The molecule has 102 valence electrons. The van der Waals surface area contributed by atoms with Crippen molar-refractivity contribution in [2.24, 2.45) is 0 Å². The molecule has 3 nitrogen and oxygen atoms in total. The normalized spacial score (nSPS) is 10.9. The van der Waals surface area contributed by atoms with Crippen LogP contribution in [0.5, 0.6) is 5.75 Å². The van der Waals surface area contributed by atoms with E-state index in [1.165, 1.54) is 0 Å². The highest BCUT2D eigenvalue weighted by Crippen LogP contribution is 2.27. The smallest absolute Gasteiger partial charge is 0.129 e. The fourth-order valence-electron chi connectivity index (χ4n) is 2.44. The van der Waals surface area contributed by atoms with Gasteiger partial charge >= 0.3 is 0 Å². The molecule has 0 aliphatic rings. The van der Waals surface area contributed by atoms with Crippen molar-refractivity contribution in [3.8, 4) is 11.4 Å². The van der Waals surface area contributed by atoms with E-state index in [-0.39, 0.29) is 0 Å². The summed E-state index contributed by atoms with van der Waals surface area (Å²) in [5.41, 5.74) is 4.23. The SMILES string of the molecule is COc1ccc(-n2c(CCl)nc3ccccc32)c(C)c1. The highest BCUT2D eigenvalue weighted by atomic mass is 35.5. The van der Waals surface area contributed by atoms with E-state index in [9.17, 15) is 0 Å². The summed E-state index contributed by atoms with van der Waals surface area (Å²) in [7, 11) is 1.67. The van der Waals surface area contributed by atoms with Crippen LogP contribution in [0.2, 0.25) is 0 Å². The number of fused-ring (bicyclic) bond motifs is 1. The lowest BCUT2D eigenvalue weighted by atomic mass is 10.2. The molecule has 0 N–H and O–H groups in total. The molecule has 0 saturated carbocycles. The lowest BCUT2D eigenvalue weighted by Crippen LogP contribution is -2.01. The van der Waals surface area contributed by atoms with Crippen LogP contribution in [0.1, 0.15) is 11.4 Å².